The molecule has 0 fully saturated rings. The fourth-order valence-corrected chi connectivity index (χ4v) is 0.505. The molecule has 0 bridgehead atoms. The van der Waals surface area contributed by atoms with Crippen LogP contribution in [0, 0.1) is 0 Å². The van der Waals surface area contributed by atoms with Gasteiger partial charge in [0.25, 0.3) is 0 Å². The summed E-state index contributed by atoms with van der Waals surface area (Å²) in [5.74, 6) is 0. The van der Waals surface area contributed by atoms with Gasteiger partial charge >= 0.3 is 7.82 Å². The van der Waals surface area contributed by atoms with Crippen LogP contribution in [0.15, 0.2) is 12.7 Å². The molecule has 2 N–H and O–H groups in total. The molecular formula is C5H13O4P. The molecule has 0 saturated carbocycles. The average Bonchev–Trinajstić information content (AvgIpc) is 1.63. The SMILES string of the molecule is C=CC.CCOP(=O)(O)O. The second-order valence-corrected chi connectivity index (χ2v) is 2.56. The predicted octanol–water partition coefficient (Wildman–Crippen LogP) is 1.31. The van der Waals surface area contributed by atoms with E-state index in [2.05, 4.69) is 11.1 Å². The minimum absolute atomic E-state index is 0.0459. The van der Waals surface area contributed by atoms with E-state index in [4.69, 9.17) is 9.79 Å². The maximum Gasteiger partial charge on any atom is 0.469 e. The molecule has 0 aliphatic rings. The van der Waals surface area contributed by atoms with E-state index in [0.717, 1.165) is 0 Å². The minimum atomic E-state index is -4.17. The molecule has 0 aliphatic carbocycles. The van der Waals surface area contributed by atoms with Crippen LogP contribution in [-0.2, 0) is 9.09 Å². The topological polar surface area (TPSA) is 66.8 Å². The Balaban J connectivity index is 0. The van der Waals surface area contributed by atoms with Gasteiger partial charge in [-0.1, -0.05) is 6.08 Å². The maximum absolute atomic E-state index is 9.70. The Morgan fingerprint density at radius 1 is 1.70 bits per heavy atom. The Morgan fingerprint density at radius 2 is 2.00 bits per heavy atom. The first-order valence-electron chi connectivity index (χ1n) is 2.75. The van der Waals surface area contributed by atoms with Crippen LogP contribution in [0.1, 0.15) is 13.8 Å². The molecule has 62 valence electrons. The van der Waals surface area contributed by atoms with Gasteiger partial charge in [-0.15, -0.1) is 6.58 Å². The summed E-state index contributed by atoms with van der Waals surface area (Å²) in [6, 6.07) is 0. The smallest absolute Gasteiger partial charge is 0.303 e. The molecule has 10 heavy (non-hydrogen) atoms. The monoisotopic (exact) mass is 168 g/mol. The van der Waals surface area contributed by atoms with Crippen LogP contribution in [0.5, 0.6) is 0 Å². The maximum atomic E-state index is 9.70. The molecule has 0 aromatic rings. The average molecular weight is 168 g/mol. The molecule has 0 heterocycles. The van der Waals surface area contributed by atoms with Crippen LogP contribution in [0.25, 0.3) is 0 Å². The quantitative estimate of drug-likeness (QED) is 0.481. The van der Waals surface area contributed by atoms with Crippen LogP contribution in [0.4, 0.5) is 0 Å². The van der Waals surface area contributed by atoms with Gasteiger partial charge in [0.1, 0.15) is 0 Å². The summed E-state index contributed by atoms with van der Waals surface area (Å²) in [5.41, 5.74) is 0. The first kappa shape index (κ1) is 12.5. The largest absolute Gasteiger partial charge is 0.469 e. The lowest BCUT2D eigenvalue weighted by Gasteiger charge is -1.98. The van der Waals surface area contributed by atoms with Gasteiger partial charge in [0.15, 0.2) is 0 Å². The van der Waals surface area contributed by atoms with E-state index in [1.807, 2.05) is 6.92 Å². The van der Waals surface area contributed by atoms with E-state index in [-0.39, 0.29) is 6.61 Å². The fourth-order valence-electron chi connectivity index (χ4n) is 0.168. The molecule has 0 radical (unpaired) electrons. The van der Waals surface area contributed by atoms with Gasteiger partial charge in [0.05, 0.1) is 6.61 Å². The summed E-state index contributed by atoms with van der Waals surface area (Å²) in [7, 11) is -4.17. The molecule has 0 unspecified atom stereocenters. The lowest BCUT2D eigenvalue weighted by atomic mass is 10.8. The van der Waals surface area contributed by atoms with Crippen LogP contribution >= 0.6 is 7.82 Å². The van der Waals surface area contributed by atoms with Gasteiger partial charge in [-0.2, -0.15) is 0 Å². The van der Waals surface area contributed by atoms with Crippen LogP contribution in [0.2, 0.25) is 0 Å². The van der Waals surface area contributed by atoms with Crippen LogP contribution < -0.4 is 0 Å². The Hall–Kier alpha value is -0.150. The molecule has 0 aliphatic heterocycles. The van der Waals surface area contributed by atoms with Crippen molar-refractivity contribution in [2.75, 3.05) is 6.61 Å². The van der Waals surface area contributed by atoms with Gasteiger partial charge in [0, 0.05) is 0 Å². The third-order valence-corrected chi connectivity index (χ3v) is 0.892. The van der Waals surface area contributed by atoms with Crippen LogP contribution in [-0.4, -0.2) is 16.4 Å². The Bertz CT molecular complexity index is 117. The molecule has 0 atom stereocenters. The van der Waals surface area contributed by atoms with Crippen molar-refractivity contribution in [2.45, 2.75) is 13.8 Å². The van der Waals surface area contributed by atoms with Gasteiger partial charge in [-0.25, -0.2) is 4.57 Å². The summed E-state index contributed by atoms with van der Waals surface area (Å²) >= 11 is 0. The molecule has 5 heteroatoms. The van der Waals surface area contributed by atoms with E-state index in [9.17, 15) is 4.57 Å². The van der Waals surface area contributed by atoms with Crippen molar-refractivity contribution in [1.82, 2.24) is 0 Å². The number of allylic oxidation sites excluding steroid dienone is 1. The fraction of sp³-hybridized carbons (Fsp3) is 0.600. The lowest BCUT2D eigenvalue weighted by Crippen LogP contribution is -1.84. The normalized spacial score (nSPS) is 9.60. The first-order chi connectivity index (χ1) is 4.47. The van der Waals surface area contributed by atoms with Gasteiger partial charge in [0.2, 0.25) is 0 Å². The van der Waals surface area contributed by atoms with Gasteiger partial charge in [-0.05, 0) is 13.8 Å². The molecule has 0 saturated heterocycles. The first-order valence-corrected chi connectivity index (χ1v) is 4.28. The van der Waals surface area contributed by atoms with Crippen LogP contribution in [0.3, 0.4) is 0 Å². The standard InChI is InChI=1S/C3H6.C2H7O4P/c1-3-2;1-2-6-7(3,4)5/h3H,1H2,2H3;2H2,1H3,(H2,3,4,5). The van der Waals surface area contributed by atoms with E-state index in [0.29, 0.717) is 0 Å². The third-order valence-electron chi connectivity index (χ3n) is 0.297. The second-order valence-electron chi connectivity index (χ2n) is 1.32. The molecule has 0 rings (SSSR count). The highest BCUT2D eigenvalue weighted by Crippen LogP contribution is 2.34. The number of hydrogen-bond acceptors (Lipinski definition) is 2. The van der Waals surface area contributed by atoms with Crippen molar-refractivity contribution < 1.29 is 18.9 Å². The Morgan fingerprint density at radius 3 is 2.00 bits per heavy atom. The molecule has 4 nitrogen and oxygen atoms in total. The lowest BCUT2D eigenvalue weighted by molar-refractivity contribution is 0.206. The third kappa shape index (κ3) is 24.9. The van der Waals surface area contributed by atoms with Crippen molar-refractivity contribution in [1.29, 1.82) is 0 Å². The summed E-state index contributed by atoms with van der Waals surface area (Å²) in [6.07, 6.45) is 1.75. The second kappa shape index (κ2) is 6.96. The van der Waals surface area contributed by atoms with Crippen molar-refractivity contribution in [3.05, 3.63) is 12.7 Å². The highest BCUT2D eigenvalue weighted by atomic mass is 31.2. The summed E-state index contributed by atoms with van der Waals surface area (Å²) in [5, 5.41) is 0. The summed E-state index contributed by atoms with van der Waals surface area (Å²) in [4.78, 5) is 15.8. The van der Waals surface area contributed by atoms with Crippen molar-refractivity contribution in [2.24, 2.45) is 0 Å². The highest BCUT2D eigenvalue weighted by Gasteiger charge is 2.10. The highest BCUT2D eigenvalue weighted by molar-refractivity contribution is 7.46. The molecule has 0 amide bonds. The molecule has 0 aromatic heterocycles. The van der Waals surface area contributed by atoms with Crippen molar-refractivity contribution >= 4 is 7.82 Å². The van der Waals surface area contributed by atoms with E-state index >= 15 is 0 Å². The minimum Gasteiger partial charge on any atom is -0.303 e. The van der Waals surface area contributed by atoms with E-state index in [1.54, 1.807) is 6.08 Å². The number of phosphoric acid groups is 1. The van der Waals surface area contributed by atoms with Crippen molar-refractivity contribution in [3.63, 3.8) is 0 Å². The van der Waals surface area contributed by atoms with Gasteiger partial charge in [-0.3, -0.25) is 4.52 Å². The number of rotatable bonds is 2. The number of hydrogen-bond donors (Lipinski definition) is 2. The summed E-state index contributed by atoms with van der Waals surface area (Å²) < 4.78 is 13.6. The van der Waals surface area contributed by atoms with Gasteiger partial charge < -0.3 is 9.79 Å². The molecular weight excluding hydrogens is 155 g/mol. The Labute approximate surface area is 60.8 Å². The zero-order valence-corrected chi connectivity index (χ0v) is 7.04. The molecule has 0 aromatic carbocycles. The summed E-state index contributed by atoms with van der Waals surface area (Å²) in [6.45, 7) is 6.81. The van der Waals surface area contributed by atoms with Crippen molar-refractivity contribution in [3.8, 4) is 0 Å². The molecule has 0 spiro atoms. The Kier molecular flexibility index (Phi) is 8.72. The zero-order chi connectivity index (χ0) is 8.62. The van der Waals surface area contributed by atoms with E-state index in [1.165, 1.54) is 6.92 Å². The zero-order valence-electron chi connectivity index (χ0n) is 6.15. The van der Waals surface area contributed by atoms with E-state index < -0.39 is 7.82 Å². The number of phosphoric ester groups is 1. The predicted molar refractivity (Wildman–Crippen MR) is 39.5 cm³/mol.